The molecule has 0 saturated carbocycles. The Labute approximate surface area is 139 Å². The topological polar surface area (TPSA) is 90.5 Å². The molecule has 8 heteroatoms. The minimum atomic E-state index is -0.418. The summed E-state index contributed by atoms with van der Waals surface area (Å²) in [4.78, 5) is 20.8. The average molecular weight is 325 g/mol. The van der Waals surface area contributed by atoms with Crippen LogP contribution in [0.2, 0.25) is 0 Å². The van der Waals surface area contributed by atoms with Gasteiger partial charge in [-0.2, -0.15) is 10.2 Å². The highest BCUT2D eigenvalue weighted by molar-refractivity contribution is 5.93. The Morgan fingerprint density at radius 3 is 2.46 bits per heavy atom. The Bertz CT molecular complexity index is 849. The predicted octanol–water partition coefficient (Wildman–Crippen LogP) is 1.98. The van der Waals surface area contributed by atoms with Gasteiger partial charge in [0, 0.05) is 18.1 Å². The van der Waals surface area contributed by atoms with E-state index in [1.165, 1.54) is 0 Å². The number of amides is 1. The maximum Gasteiger partial charge on any atom is 0.250 e. The molecule has 0 aliphatic rings. The fourth-order valence-electron chi connectivity index (χ4n) is 2.29. The van der Waals surface area contributed by atoms with Crippen LogP contribution in [-0.2, 0) is 4.79 Å². The van der Waals surface area contributed by atoms with Crippen LogP contribution in [0.4, 0.5) is 5.69 Å². The smallest absolute Gasteiger partial charge is 0.250 e. The molecule has 0 aliphatic carbocycles. The predicted molar refractivity (Wildman–Crippen MR) is 88.9 cm³/mol. The van der Waals surface area contributed by atoms with E-state index in [4.69, 9.17) is 0 Å². The van der Waals surface area contributed by atoms with Gasteiger partial charge in [0.15, 0.2) is 0 Å². The third-order valence-electron chi connectivity index (χ3n) is 4.05. The number of aromatic nitrogens is 6. The second-order valence-corrected chi connectivity index (χ2v) is 5.63. The van der Waals surface area contributed by atoms with E-state index in [2.05, 4.69) is 25.5 Å². The van der Waals surface area contributed by atoms with Gasteiger partial charge in [0.2, 0.25) is 5.91 Å². The zero-order valence-electron chi connectivity index (χ0n) is 14.1. The molecule has 0 bridgehead atoms. The standard InChI is InChI=1S/C16H19N7O/c1-10-11(2)21-23(12(10)3)16-17-8-14(9-18-16)20-15(24)13(4)22-7-5-6-19-22/h5-9,13H,1-4H3,(H,20,24). The third-order valence-corrected chi connectivity index (χ3v) is 4.05. The van der Waals surface area contributed by atoms with Gasteiger partial charge in [-0.05, 0) is 39.3 Å². The van der Waals surface area contributed by atoms with Gasteiger partial charge in [-0.15, -0.1) is 0 Å². The molecule has 0 aromatic carbocycles. The summed E-state index contributed by atoms with van der Waals surface area (Å²) in [7, 11) is 0. The van der Waals surface area contributed by atoms with Crippen LogP contribution in [0.25, 0.3) is 5.95 Å². The molecule has 1 atom stereocenters. The Kier molecular flexibility index (Phi) is 4.11. The summed E-state index contributed by atoms with van der Waals surface area (Å²) in [5.41, 5.74) is 3.59. The third kappa shape index (κ3) is 2.90. The maximum absolute atomic E-state index is 12.2. The summed E-state index contributed by atoms with van der Waals surface area (Å²) < 4.78 is 3.28. The zero-order chi connectivity index (χ0) is 17.3. The molecule has 1 N–H and O–H groups in total. The van der Waals surface area contributed by atoms with E-state index in [1.54, 1.807) is 47.1 Å². The SMILES string of the molecule is Cc1nn(-c2ncc(NC(=O)C(C)n3cccn3)cn2)c(C)c1C. The van der Waals surface area contributed by atoms with Crippen LogP contribution in [0.5, 0.6) is 0 Å². The minimum Gasteiger partial charge on any atom is -0.322 e. The van der Waals surface area contributed by atoms with Crippen molar-refractivity contribution in [3.05, 3.63) is 47.8 Å². The van der Waals surface area contributed by atoms with Crippen molar-refractivity contribution in [2.24, 2.45) is 0 Å². The molecule has 24 heavy (non-hydrogen) atoms. The molecule has 0 fully saturated rings. The summed E-state index contributed by atoms with van der Waals surface area (Å²) in [6, 6.07) is 1.36. The van der Waals surface area contributed by atoms with Crippen LogP contribution in [0.1, 0.15) is 29.9 Å². The van der Waals surface area contributed by atoms with Crippen molar-refractivity contribution in [1.29, 1.82) is 0 Å². The summed E-state index contributed by atoms with van der Waals surface area (Å²) in [6.07, 6.45) is 6.52. The lowest BCUT2D eigenvalue weighted by molar-refractivity contribution is -0.119. The van der Waals surface area contributed by atoms with Gasteiger partial charge in [0.1, 0.15) is 6.04 Å². The maximum atomic E-state index is 12.2. The molecule has 3 rings (SSSR count). The fourth-order valence-corrected chi connectivity index (χ4v) is 2.29. The number of hydrogen-bond acceptors (Lipinski definition) is 5. The first-order chi connectivity index (χ1) is 11.5. The van der Waals surface area contributed by atoms with Gasteiger partial charge >= 0.3 is 0 Å². The van der Waals surface area contributed by atoms with E-state index < -0.39 is 6.04 Å². The molecule has 3 heterocycles. The highest BCUT2D eigenvalue weighted by Gasteiger charge is 2.16. The molecule has 1 amide bonds. The summed E-state index contributed by atoms with van der Waals surface area (Å²) >= 11 is 0. The first kappa shape index (κ1) is 15.9. The molecule has 0 radical (unpaired) electrons. The van der Waals surface area contributed by atoms with Crippen LogP contribution in [0.15, 0.2) is 30.9 Å². The Morgan fingerprint density at radius 2 is 1.92 bits per heavy atom. The normalized spacial score (nSPS) is 12.2. The van der Waals surface area contributed by atoms with Crippen molar-refractivity contribution in [1.82, 2.24) is 29.5 Å². The Hall–Kier alpha value is -3.03. The number of anilines is 1. The van der Waals surface area contributed by atoms with Gasteiger partial charge in [0.25, 0.3) is 5.95 Å². The van der Waals surface area contributed by atoms with Gasteiger partial charge in [-0.25, -0.2) is 14.6 Å². The summed E-state index contributed by atoms with van der Waals surface area (Å²) in [5.74, 6) is 0.291. The lowest BCUT2D eigenvalue weighted by Gasteiger charge is -2.12. The van der Waals surface area contributed by atoms with Crippen LogP contribution in [-0.4, -0.2) is 35.4 Å². The first-order valence-electron chi connectivity index (χ1n) is 7.62. The highest BCUT2D eigenvalue weighted by atomic mass is 16.2. The number of hydrogen-bond donors (Lipinski definition) is 1. The minimum absolute atomic E-state index is 0.183. The Balaban J connectivity index is 1.75. The van der Waals surface area contributed by atoms with Crippen molar-refractivity contribution < 1.29 is 4.79 Å². The second kappa shape index (κ2) is 6.23. The Morgan fingerprint density at radius 1 is 1.21 bits per heavy atom. The van der Waals surface area contributed by atoms with Crippen molar-refractivity contribution in [2.45, 2.75) is 33.7 Å². The lowest BCUT2D eigenvalue weighted by atomic mass is 10.2. The monoisotopic (exact) mass is 325 g/mol. The van der Waals surface area contributed by atoms with E-state index in [0.29, 0.717) is 11.6 Å². The molecular formula is C16H19N7O. The summed E-state index contributed by atoms with van der Waals surface area (Å²) in [5, 5.41) is 11.3. The average Bonchev–Trinajstić information content (AvgIpc) is 3.20. The number of rotatable bonds is 4. The van der Waals surface area contributed by atoms with Gasteiger partial charge in [-0.1, -0.05) is 0 Å². The van der Waals surface area contributed by atoms with Gasteiger partial charge in [0.05, 0.1) is 23.8 Å². The van der Waals surface area contributed by atoms with Crippen molar-refractivity contribution in [3.8, 4) is 5.95 Å². The molecule has 3 aromatic heterocycles. The fraction of sp³-hybridized carbons (Fsp3) is 0.312. The molecule has 0 saturated heterocycles. The molecule has 3 aromatic rings. The highest BCUT2D eigenvalue weighted by Crippen LogP contribution is 2.15. The van der Waals surface area contributed by atoms with Gasteiger partial charge < -0.3 is 5.32 Å². The molecule has 8 nitrogen and oxygen atoms in total. The lowest BCUT2D eigenvalue weighted by Crippen LogP contribution is -2.24. The number of carbonyl (C=O) groups is 1. The molecule has 0 spiro atoms. The number of nitrogens with zero attached hydrogens (tertiary/aromatic N) is 6. The van der Waals surface area contributed by atoms with Crippen LogP contribution >= 0.6 is 0 Å². The number of carbonyl (C=O) groups excluding carboxylic acids is 1. The van der Waals surface area contributed by atoms with Crippen molar-refractivity contribution in [3.63, 3.8) is 0 Å². The van der Waals surface area contributed by atoms with E-state index >= 15 is 0 Å². The summed E-state index contributed by atoms with van der Waals surface area (Å²) in [6.45, 7) is 7.71. The zero-order valence-corrected chi connectivity index (χ0v) is 14.1. The quantitative estimate of drug-likeness (QED) is 0.792. The first-order valence-corrected chi connectivity index (χ1v) is 7.62. The van der Waals surface area contributed by atoms with E-state index in [-0.39, 0.29) is 5.91 Å². The van der Waals surface area contributed by atoms with Crippen LogP contribution in [0.3, 0.4) is 0 Å². The number of aryl methyl sites for hydroxylation is 1. The van der Waals surface area contributed by atoms with Crippen LogP contribution < -0.4 is 5.32 Å². The van der Waals surface area contributed by atoms with E-state index in [0.717, 1.165) is 17.0 Å². The number of nitrogens with one attached hydrogen (secondary N) is 1. The van der Waals surface area contributed by atoms with E-state index in [1.807, 2.05) is 20.8 Å². The second-order valence-electron chi connectivity index (χ2n) is 5.63. The molecule has 1 unspecified atom stereocenters. The van der Waals surface area contributed by atoms with Crippen molar-refractivity contribution >= 4 is 11.6 Å². The molecule has 124 valence electrons. The van der Waals surface area contributed by atoms with Crippen LogP contribution in [0, 0.1) is 20.8 Å². The largest absolute Gasteiger partial charge is 0.322 e. The van der Waals surface area contributed by atoms with Gasteiger partial charge in [-0.3, -0.25) is 9.48 Å². The molecule has 0 aliphatic heterocycles. The van der Waals surface area contributed by atoms with E-state index in [9.17, 15) is 4.79 Å². The molecular weight excluding hydrogens is 306 g/mol. The van der Waals surface area contributed by atoms with Crippen molar-refractivity contribution in [2.75, 3.05) is 5.32 Å².